The highest BCUT2D eigenvalue weighted by Crippen LogP contribution is 2.33. The van der Waals surface area contributed by atoms with Crippen molar-refractivity contribution in [3.05, 3.63) is 134 Å². The zero-order valence-corrected chi connectivity index (χ0v) is 26.3. The number of nitro groups is 2. The van der Waals surface area contributed by atoms with Crippen LogP contribution < -0.4 is 25.5 Å². The normalized spacial score (nSPS) is 13.1. The molecule has 0 saturated heterocycles. The van der Waals surface area contributed by atoms with E-state index < -0.39 is 15.8 Å². The highest BCUT2D eigenvalue weighted by Gasteiger charge is 2.32. The molecule has 0 spiro atoms. The first-order valence-corrected chi connectivity index (χ1v) is 14.7. The standard InChI is InChI=1S/C33H26N10O7/c1-49-27-15-13-22(42(45)46)18-24(27)35-31-37-32(36-25-19-23(43(47)48)14-16-28(25)50-2)39-33(38-31)40-41-29(21-11-7-4-8-12-21)34-26(30(41)44)17-20-9-5-3-6-10-20/h3-19H,1-2H3,(H3,35,36,37,38,39,40)/b26-17+. The van der Waals surface area contributed by atoms with Crippen LogP contribution in [0.15, 0.2) is 108 Å². The minimum absolute atomic E-state index is 0.135. The van der Waals surface area contributed by atoms with Crippen LogP contribution in [0.5, 0.6) is 11.5 Å². The molecule has 3 N–H and O–H groups in total. The number of aliphatic imine (C=N–C) groups is 1. The van der Waals surface area contributed by atoms with Gasteiger partial charge in [-0.25, -0.2) is 4.99 Å². The van der Waals surface area contributed by atoms with Crippen LogP contribution in [0.3, 0.4) is 0 Å². The topological polar surface area (TPSA) is 212 Å². The van der Waals surface area contributed by atoms with Gasteiger partial charge in [-0.3, -0.25) is 30.4 Å². The number of nitrogens with one attached hydrogen (secondary N) is 3. The molecule has 250 valence electrons. The van der Waals surface area contributed by atoms with Crippen molar-refractivity contribution in [2.24, 2.45) is 4.99 Å². The number of non-ortho nitro benzene ring substituents is 2. The van der Waals surface area contributed by atoms with Crippen LogP contribution in [0.4, 0.5) is 40.6 Å². The van der Waals surface area contributed by atoms with E-state index in [4.69, 9.17) is 9.47 Å². The van der Waals surface area contributed by atoms with E-state index in [2.05, 4.69) is 36.0 Å². The van der Waals surface area contributed by atoms with Gasteiger partial charge in [0, 0.05) is 29.8 Å². The number of amides is 1. The molecule has 6 rings (SSSR count). The van der Waals surface area contributed by atoms with E-state index in [0.29, 0.717) is 5.56 Å². The molecule has 17 heteroatoms. The molecule has 0 radical (unpaired) electrons. The number of methoxy groups -OCH3 is 2. The average molecular weight is 675 g/mol. The molecular formula is C33H26N10O7. The second kappa shape index (κ2) is 14.1. The number of aromatic nitrogens is 3. The van der Waals surface area contributed by atoms with Crippen molar-refractivity contribution in [1.29, 1.82) is 0 Å². The van der Waals surface area contributed by atoms with Crippen molar-refractivity contribution >= 4 is 58.4 Å². The second-order valence-corrected chi connectivity index (χ2v) is 10.3. The van der Waals surface area contributed by atoms with Gasteiger partial charge in [0.15, 0.2) is 5.84 Å². The SMILES string of the molecule is COc1ccc([N+](=O)[O-])cc1Nc1nc(Nc2cc([N+](=O)[O-])ccc2OC)nc(NN2C(=O)/C(=C\c3ccccc3)N=C2c2ccccc2)n1. The van der Waals surface area contributed by atoms with Gasteiger partial charge in [0.2, 0.25) is 17.8 Å². The van der Waals surface area contributed by atoms with Gasteiger partial charge in [-0.05, 0) is 23.8 Å². The van der Waals surface area contributed by atoms with Crippen molar-refractivity contribution in [2.45, 2.75) is 0 Å². The maximum atomic E-state index is 13.8. The molecule has 17 nitrogen and oxygen atoms in total. The fourth-order valence-electron chi connectivity index (χ4n) is 4.80. The maximum Gasteiger partial charge on any atom is 0.297 e. The van der Waals surface area contributed by atoms with Crippen molar-refractivity contribution in [2.75, 3.05) is 30.3 Å². The smallest absolute Gasteiger partial charge is 0.297 e. The van der Waals surface area contributed by atoms with Gasteiger partial charge in [-0.1, -0.05) is 60.7 Å². The number of hydrogen-bond donors (Lipinski definition) is 3. The fourth-order valence-corrected chi connectivity index (χ4v) is 4.80. The number of benzene rings is 4. The third kappa shape index (κ3) is 7.10. The summed E-state index contributed by atoms with van der Waals surface area (Å²) < 4.78 is 10.8. The highest BCUT2D eigenvalue weighted by atomic mass is 16.6. The zero-order chi connectivity index (χ0) is 35.2. The lowest BCUT2D eigenvalue weighted by Gasteiger charge is -2.20. The number of hydrazine groups is 1. The molecule has 0 unspecified atom stereocenters. The van der Waals surface area contributed by atoms with Gasteiger partial charge < -0.3 is 20.1 Å². The number of amidine groups is 1. The van der Waals surface area contributed by atoms with Crippen LogP contribution in [-0.2, 0) is 4.79 Å². The molecule has 1 aliphatic rings. The Morgan fingerprint density at radius 3 is 1.70 bits per heavy atom. The zero-order valence-electron chi connectivity index (χ0n) is 26.3. The van der Waals surface area contributed by atoms with Gasteiger partial charge in [0.05, 0.1) is 35.4 Å². The summed E-state index contributed by atoms with van der Waals surface area (Å²) in [5.41, 5.74) is 4.24. The molecule has 1 amide bonds. The predicted molar refractivity (Wildman–Crippen MR) is 184 cm³/mol. The third-order valence-corrected chi connectivity index (χ3v) is 7.12. The Morgan fingerprint density at radius 1 is 0.700 bits per heavy atom. The Hall–Kier alpha value is -7.43. The second-order valence-electron chi connectivity index (χ2n) is 10.3. The summed E-state index contributed by atoms with van der Waals surface area (Å²) in [6.07, 6.45) is 1.64. The maximum absolute atomic E-state index is 13.8. The van der Waals surface area contributed by atoms with E-state index in [1.165, 1.54) is 55.6 Å². The number of ether oxygens (including phenoxy) is 2. The predicted octanol–water partition coefficient (Wildman–Crippen LogP) is 5.85. The summed E-state index contributed by atoms with van der Waals surface area (Å²) in [6.45, 7) is 0. The summed E-state index contributed by atoms with van der Waals surface area (Å²) in [6, 6.07) is 26.0. The molecule has 0 fully saturated rings. The van der Waals surface area contributed by atoms with Gasteiger partial charge in [0.25, 0.3) is 17.3 Å². The van der Waals surface area contributed by atoms with Crippen LogP contribution in [0, 0.1) is 20.2 Å². The van der Waals surface area contributed by atoms with Crippen molar-refractivity contribution in [1.82, 2.24) is 20.0 Å². The number of hydrogen-bond acceptors (Lipinski definition) is 14. The van der Waals surface area contributed by atoms with E-state index in [0.717, 1.165) is 5.56 Å². The lowest BCUT2D eigenvalue weighted by atomic mass is 10.2. The van der Waals surface area contributed by atoms with Crippen molar-refractivity contribution < 1.29 is 24.1 Å². The molecule has 0 bridgehead atoms. The number of rotatable bonds is 12. The van der Waals surface area contributed by atoms with Gasteiger partial charge in [-0.2, -0.15) is 20.0 Å². The van der Waals surface area contributed by atoms with Crippen LogP contribution in [0.25, 0.3) is 6.08 Å². The largest absolute Gasteiger partial charge is 0.495 e. The third-order valence-electron chi connectivity index (χ3n) is 7.12. The summed E-state index contributed by atoms with van der Waals surface area (Å²) in [4.78, 5) is 53.6. The van der Waals surface area contributed by atoms with E-state index in [-0.39, 0.29) is 63.6 Å². The van der Waals surface area contributed by atoms with Gasteiger partial charge >= 0.3 is 0 Å². The summed E-state index contributed by atoms with van der Waals surface area (Å²) in [7, 11) is 2.77. The molecule has 1 aromatic heterocycles. The Morgan fingerprint density at radius 2 is 1.20 bits per heavy atom. The number of carbonyl (C=O) groups is 1. The average Bonchev–Trinajstić information content (AvgIpc) is 3.42. The molecule has 0 saturated carbocycles. The lowest BCUT2D eigenvalue weighted by molar-refractivity contribution is -0.385. The van der Waals surface area contributed by atoms with Crippen LogP contribution in [0.1, 0.15) is 11.1 Å². The molecule has 4 aromatic carbocycles. The van der Waals surface area contributed by atoms with Crippen LogP contribution in [-0.4, -0.2) is 55.8 Å². The van der Waals surface area contributed by atoms with E-state index in [1.807, 2.05) is 36.4 Å². The summed E-state index contributed by atoms with van der Waals surface area (Å²) >= 11 is 0. The van der Waals surface area contributed by atoms with Gasteiger partial charge in [-0.15, -0.1) is 0 Å². The number of nitrogens with zero attached hydrogens (tertiary/aromatic N) is 7. The first-order chi connectivity index (χ1) is 24.2. The van der Waals surface area contributed by atoms with E-state index in [1.54, 1.807) is 30.3 Å². The number of nitro benzene ring substituents is 2. The van der Waals surface area contributed by atoms with Crippen molar-refractivity contribution in [3.63, 3.8) is 0 Å². The fraction of sp³-hybridized carbons (Fsp3) is 0.0606. The summed E-state index contributed by atoms with van der Waals surface area (Å²) in [5, 5.41) is 30.0. The quantitative estimate of drug-likeness (QED) is 0.0806. The van der Waals surface area contributed by atoms with E-state index in [9.17, 15) is 25.0 Å². The molecular weight excluding hydrogens is 648 g/mol. The molecule has 1 aliphatic heterocycles. The Labute approximate surface area is 283 Å². The molecule has 2 heterocycles. The van der Waals surface area contributed by atoms with Gasteiger partial charge in [0.1, 0.15) is 17.2 Å². The first-order valence-electron chi connectivity index (χ1n) is 14.7. The van der Waals surface area contributed by atoms with Crippen LogP contribution >= 0.6 is 0 Å². The van der Waals surface area contributed by atoms with E-state index >= 15 is 0 Å². The Kier molecular flexibility index (Phi) is 9.19. The number of carbonyl (C=O) groups excluding carboxylic acids is 1. The minimum Gasteiger partial charge on any atom is -0.495 e. The highest BCUT2D eigenvalue weighted by molar-refractivity contribution is 6.20. The first kappa shape index (κ1) is 32.5. The molecule has 5 aromatic rings. The molecule has 0 atom stereocenters. The minimum atomic E-state index is -0.573. The van der Waals surface area contributed by atoms with Crippen molar-refractivity contribution in [3.8, 4) is 11.5 Å². The molecule has 0 aliphatic carbocycles. The monoisotopic (exact) mass is 674 g/mol. The molecule has 50 heavy (non-hydrogen) atoms. The number of anilines is 5. The van der Waals surface area contributed by atoms with Crippen LogP contribution in [0.2, 0.25) is 0 Å². The summed E-state index contributed by atoms with van der Waals surface area (Å²) in [5.74, 6) is -0.234. The Balaban J connectivity index is 1.43. The Bertz CT molecular complexity index is 2080. The lowest BCUT2D eigenvalue weighted by Crippen LogP contribution is -2.38.